The Morgan fingerprint density at radius 1 is 1.14 bits per heavy atom. The van der Waals surface area contributed by atoms with Gasteiger partial charge in [0.25, 0.3) is 0 Å². The lowest BCUT2D eigenvalue weighted by atomic mass is 9.90. The van der Waals surface area contributed by atoms with E-state index in [1.807, 2.05) is 13.8 Å². The fourth-order valence-corrected chi connectivity index (χ4v) is 3.25. The molecule has 0 aliphatic carbocycles. The fourth-order valence-electron chi connectivity index (χ4n) is 3.25. The lowest BCUT2D eigenvalue weighted by Crippen LogP contribution is -2.34. The van der Waals surface area contributed by atoms with Gasteiger partial charge in [-0.05, 0) is 57.7 Å². The van der Waals surface area contributed by atoms with Crippen molar-refractivity contribution in [1.82, 2.24) is 10.1 Å². The Morgan fingerprint density at radius 3 is 2.48 bits per heavy atom. The SMILES string of the molecule is Cc1noc(C)c1CN1CCC(Cc2ccccc2)CC1. The molecule has 0 N–H and O–H groups in total. The molecule has 3 rings (SSSR count). The van der Waals surface area contributed by atoms with Crippen LogP contribution >= 0.6 is 0 Å². The van der Waals surface area contributed by atoms with Gasteiger partial charge in [-0.25, -0.2) is 0 Å². The summed E-state index contributed by atoms with van der Waals surface area (Å²) >= 11 is 0. The first-order valence-electron chi connectivity index (χ1n) is 7.90. The molecule has 1 aliphatic heterocycles. The quantitative estimate of drug-likeness (QED) is 0.856. The van der Waals surface area contributed by atoms with Gasteiger partial charge in [0.15, 0.2) is 0 Å². The minimum atomic E-state index is 0.827. The molecule has 1 fully saturated rings. The zero-order valence-corrected chi connectivity index (χ0v) is 13.0. The van der Waals surface area contributed by atoms with Crippen molar-refractivity contribution in [2.75, 3.05) is 13.1 Å². The molecule has 21 heavy (non-hydrogen) atoms. The maximum atomic E-state index is 5.26. The van der Waals surface area contributed by atoms with E-state index in [1.165, 1.54) is 43.5 Å². The Hall–Kier alpha value is -1.61. The average molecular weight is 284 g/mol. The molecule has 2 heterocycles. The molecular weight excluding hydrogens is 260 g/mol. The highest BCUT2D eigenvalue weighted by Gasteiger charge is 2.21. The van der Waals surface area contributed by atoms with Gasteiger partial charge in [-0.3, -0.25) is 4.90 Å². The third kappa shape index (κ3) is 3.53. The Kier molecular flexibility index (Phi) is 4.39. The maximum absolute atomic E-state index is 5.26. The molecule has 0 bridgehead atoms. The Morgan fingerprint density at radius 2 is 1.86 bits per heavy atom. The Balaban J connectivity index is 1.51. The van der Waals surface area contributed by atoms with E-state index in [2.05, 4.69) is 40.4 Å². The van der Waals surface area contributed by atoms with Crippen molar-refractivity contribution in [3.8, 4) is 0 Å². The van der Waals surface area contributed by atoms with Crippen LogP contribution in [0.4, 0.5) is 0 Å². The Bertz CT molecular complexity index is 549. The van der Waals surface area contributed by atoms with Crippen LogP contribution in [0.3, 0.4) is 0 Å². The standard InChI is InChI=1S/C18H24N2O/c1-14-18(15(2)21-19-14)13-20-10-8-17(9-11-20)12-16-6-4-3-5-7-16/h3-7,17H,8-13H2,1-2H3. The second-order valence-corrected chi connectivity index (χ2v) is 6.21. The zero-order chi connectivity index (χ0) is 14.7. The zero-order valence-electron chi connectivity index (χ0n) is 13.0. The van der Waals surface area contributed by atoms with Crippen LogP contribution < -0.4 is 0 Å². The average Bonchev–Trinajstić information content (AvgIpc) is 2.82. The highest BCUT2D eigenvalue weighted by atomic mass is 16.5. The van der Waals surface area contributed by atoms with E-state index in [0.717, 1.165) is 23.9 Å². The number of benzene rings is 1. The fraction of sp³-hybridized carbons (Fsp3) is 0.500. The van der Waals surface area contributed by atoms with Crippen LogP contribution in [0.25, 0.3) is 0 Å². The van der Waals surface area contributed by atoms with Gasteiger partial charge in [-0.15, -0.1) is 0 Å². The van der Waals surface area contributed by atoms with E-state index < -0.39 is 0 Å². The summed E-state index contributed by atoms with van der Waals surface area (Å²) in [5.41, 5.74) is 3.79. The smallest absolute Gasteiger partial charge is 0.138 e. The van der Waals surface area contributed by atoms with Gasteiger partial charge in [-0.2, -0.15) is 0 Å². The highest BCUT2D eigenvalue weighted by Crippen LogP contribution is 2.24. The number of rotatable bonds is 4. The Labute approximate surface area is 126 Å². The molecule has 0 atom stereocenters. The predicted molar refractivity (Wildman–Crippen MR) is 84.1 cm³/mol. The van der Waals surface area contributed by atoms with Gasteiger partial charge in [0.05, 0.1) is 5.69 Å². The molecule has 1 aromatic heterocycles. The molecule has 0 spiro atoms. The van der Waals surface area contributed by atoms with Crippen LogP contribution in [0.15, 0.2) is 34.9 Å². The van der Waals surface area contributed by atoms with E-state index in [0.29, 0.717) is 0 Å². The van der Waals surface area contributed by atoms with E-state index in [9.17, 15) is 0 Å². The molecule has 3 nitrogen and oxygen atoms in total. The van der Waals surface area contributed by atoms with Crippen LogP contribution in [0.1, 0.15) is 35.4 Å². The summed E-state index contributed by atoms with van der Waals surface area (Å²) in [7, 11) is 0. The van der Waals surface area contributed by atoms with Crippen LogP contribution in [0.5, 0.6) is 0 Å². The summed E-state index contributed by atoms with van der Waals surface area (Å²) in [6.07, 6.45) is 3.80. The second kappa shape index (κ2) is 6.44. The largest absolute Gasteiger partial charge is 0.361 e. The molecule has 2 aromatic rings. The third-order valence-electron chi connectivity index (χ3n) is 4.64. The van der Waals surface area contributed by atoms with Gasteiger partial charge < -0.3 is 4.52 Å². The number of likely N-dealkylation sites (tertiary alicyclic amines) is 1. The monoisotopic (exact) mass is 284 g/mol. The van der Waals surface area contributed by atoms with Crippen molar-refractivity contribution < 1.29 is 4.52 Å². The van der Waals surface area contributed by atoms with E-state index in [-0.39, 0.29) is 0 Å². The van der Waals surface area contributed by atoms with Gasteiger partial charge in [0.1, 0.15) is 5.76 Å². The normalized spacial score (nSPS) is 17.2. The van der Waals surface area contributed by atoms with Crippen molar-refractivity contribution in [1.29, 1.82) is 0 Å². The summed E-state index contributed by atoms with van der Waals surface area (Å²) in [5, 5.41) is 4.05. The first kappa shape index (κ1) is 14.3. The van der Waals surface area contributed by atoms with Gasteiger partial charge >= 0.3 is 0 Å². The van der Waals surface area contributed by atoms with Crippen molar-refractivity contribution in [2.24, 2.45) is 5.92 Å². The van der Waals surface area contributed by atoms with Gasteiger partial charge in [0, 0.05) is 12.1 Å². The first-order chi connectivity index (χ1) is 10.2. The highest BCUT2D eigenvalue weighted by molar-refractivity contribution is 5.20. The van der Waals surface area contributed by atoms with Crippen LogP contribution in [0.2, 0.25) is 0 Å². The second-order valence-electron chi connectivity index (χ2n) is 6.21. The van der Waals surface area contributed by atoms with Gasteiger partial charge in [-0.1, -0.05) is 35.5 Å². The molecule has 0 saturated carbocycles. The number of aromatic nitrogens is 1. The topological polar surface area (TPSA) is 29.3 Å². The van der Waals surface area contributed by atoms with Crippen molar-refractivity contribution in [3.63, 3.8) is 0 Å². The van der Waals surface area contributed by atoms with Gasteiger partial charge in [0.2, 0.25) is 0 Å². The minimum Gasteiger partial charge on any atom is -0.361 e. The summed E-state index contributed by atoms with van der Waals surface area (Å²) < 4.78 is 5.26. The number of hydrogen-bond donors (Lipinski definition) is 0. The maximum Gasteiger partial charge on any atom is 0.138 e. The van der Waals surface area contributed by atoms with Crippen molar-refractivity contribution >= 4 is 0 Å². The molecule has 0 unspecified atom stereocenters. The number of nitrogens with zero attached hydrogens (tertiary/aromatic N) is 2. The number of aryl methyl sites for hydroxylation is 2. The molecule has 1 aromatic carbocycles. The lowest BCUT2D eigenvalue weighted by molar-refractivity contribution is 0.176. The minimum absolute atomic E-state index is 0.827. The van der Waals surface area contributed by atoms with E-state index in [1.54, 1.807) is 0 Å². The molecule has 1 aliphatic rings. The van der Waals surface area contributed by atoms with Crippen LogP contribution in [-0.4, -0.2) is 23.1 Å². The number of piperidine rings is 1. The molecule has 112 valence electrons. The number of hydrogen-bond acceptors (Lipinski definition) is 3. The molecule has 0 amide bonds. The van der Waals surface area contributed by atoms with Crippen LogP contribution in [-0.2, 0) is 13.0 Å². The summed E-state index contributed by atoms with van der Waals surface area (Å²) in [4.78, 5) is 2.54. The summed E-state index contributed by atoms with van der Waals surface area (Å²) in [6.45, 7) is 7.40. The molecule has 1 saturated heterocycles. The lowest BCUT2D eigenvalue weighted by Gasteiger charge is -2.32. The van der Waals surface area contributed by atoms with Crippen molar-refractivity contribution in [3.05, 3.63) is 52.9 Å². The first-order valence-corrected chi connectivity index (χ1v) is 7.90. The summed E-state index contributed by atoms with van der Waals surface area (Å²) in [5.74, 6) is 1.80. The predicted octanol–water partition coefficient (Wildman–Crippen LogP) is 3.75. The van der Waals surface area contributed by atoms with Crippen molar-refractivity contribution in [2.45, 2.75) is 39.7 Å². The third-order valence-corrected chi connectivity index (χ3v) is 4.64. The van der Waals surface area contributed by atoms with E-state index in [4.69, 9.17) is 4.52 Å². The van der Waals surface area contributed by atoms with Crippen LogP contribution in [0, 0.1) is 19.8 Å². The van der Waals surface area contributed by atoms with E-state index >= 15 is 0 Å². The summed E-state index contributed by atoms with van der Waals surface area (Å²) in [6, 6.07) is 10.9. The molecule has 0 radical (unpaired) electrons. The molecule has 3 heteroatoms. The molecular formula is C18H24N2O.